The summed E-state index contributed by atoms with van der Waals surface area (Å²) in [6.07, 6.45) is 1.93. The maximum Gasteiger partial charge on any atom is 0.273 e. The van der Waals surface area contributed by atoms with Crippen molar-refractivity contribution in [2.24, 2.45) is 0 Å². The number of hydrogen-bond acceptors (Lipinski definition) is 6. The fourth-order valence-electron chi connectivity index (χ4n) is 2.50. The standard InChI is InChI=1S/C14H18N4O2S/c1-9(2)13-16-12(17-20-13)10-4-3-5-18(6-10)14(19)11-7-21-8-15-11/h7-10H,3-6H2,1-2H3/t10-/m0/s1. The van der Waals surface area contributed by atoms with Crippen LogP contribution in [0.3, 0.4) is 0 Å². The SMILES string of the molecule is CC(C)c1nc([C@H]2CCCN(C(=O)c3cscn3)C2)no1. The van der Waals surface area contributed by atoms with Crippen LogP contribution in [0.25, 0.3) is 0 Å². The molecule has 21 heavy (non-hydrogen) atoms. The zero-order chi connectivity index (χ0) is 14.8. The van der Waals surface area contributed by atoms with Crippen molar-refractivity contribution < 1.29 is 9.32 Å². The third-order valence-electron chi connectivity index (χ3n) is 3.68. The molecule has 1 fully saturated rings. The fourth-order valence-corrected chi connectivity index (χ4v) is 3.03. The minimum absolute atomic E-state index is 0.00599. The molecule has 0 aliphatic carbocycles. The van der Waals surface area contributed by atoms with Crippen LogP contribution >= 0.6 is 11.3 Å². The second-order valence-corrected chi connectivity index (χ2v) is 6.33. The highest BCUT2D eigenvalue weighted by Crippen LogP contribution is 2.27. The van der Waals surface area contributed by atoms with Gasteiger partial charge in [-0.25, -0.2) is 4.98 Å². The summed E-state index contributed by atoms with van der Waals surface area (Å²) in [5.74, 6) is 1.75. The van der Waals surface area contributed by atoms with Crippen molar-refractivity contribution in [1.29, 1.82) is 0 Å². The second-order valence-electron chi connectivity index (χ2n) is 5.61. The van der Waals surface area contributed by atoms with Gasteiger partial charge in [-0.05, 0) is 12.8 Å². The average molecular weight is 306 g/mol. The Morgan fingerprint density at radius 3 is 3.05 bits per heavy atom. The summed E-state index contributed by atoms with van der Waals surface area (Å²) in [6.45, 7) is 5.45. The number of likely N-dealkylation sites (tertiary alicyclic amines) is 1. The number of hydrogen-bond donors (Lipinski definition) is 0. The molecule has 1 saturated heterocycles. The maximum atomic E-state index is 12.4. The molecule has 7 heteroatoms. The summed E-state index contributed by atoms with van der Waals surface area (Å²) in [6, 6.07) is 0. The van der Waals surface area contributed by atoms with Crippen LogP contribution in [0.4, 0.5) is 0 Å². The van der Waals surface area contributed by atoms with Crippen molar-refractivity contribution in [3.63, 3.8) is 0 Å². The van der Waals surface area contributed by atoms with Gasteiger partial charge in [-0.1, -0.05) is 19.0 Å². The first kappa shape index (κ1) is 14.2. The molecule has 0 saturated carbocycles. The molecule has 3 rings (SSSR count). The molecule has 0 aromatic carbocycles. The van der Waals surface area contributed by atoms with E-state index >= 15 is 0 Å². The molecule has 0 N–H and O–H groups in total. The third kappa shape index (κ3) is 2.97. The summed E-state index contributed by atoms with van der Waals surface area (Å²) >= 11 is 1.44. The topological polar surface area (TPSA) is 72.1 Å². The number of nitrogens with zero attached hydrogens (tertiary/aromatic N) is 4. The van der Waals surface area contributed by atoms with Gasteiger partial charge in [0.15, 0.2) is 5.82 Å². The van der Waals surface area contributed by atoms with Crippen LogP contribution in [0.1, 0.15) is 60.7 Å². The molecule has 1 amide bonds. The van der Waals surface area contributed by atoms with E-state index in [1.165, 1.54) is 11.3 Å². The van der Waals surface area contributed by atoms with E-state index in [2.05, 4.69) is 15.1 Å². The van der Waals surface area contributed by atoms with E-state index in [9.17, 15) is 4.79 Å². The van der Waals surface area contributed by atoms with Crippen molar-refractivity contribution >= 4 is 17.2 Å². The molecule has 112 valence electrons. The molecule has 0 radical (unpaired) electrons. The van der Waals surface area contributed by atoms with E-state index in [-0.39, 0.29) is 17.7 Å². The summed E-state index contributed by atoms with van der Waals surface area (Å²) in [5.41, 5.74) is 2.21. The zero-order valence-electron chi connectivity index (χ0n) is 12.2. The number of amides is 1. The van der Waals surface area contributed by atoms with Gasteiger partial charge in [0.1, 0.15) is 5.69 Å². The maximum absolute atomic E-state index is 12.4. The van der Waals surface area contributed by atoms with E-state index in [0.29, 0.717) is 18.1 Å². The lowest BCUT2D eigenvalue weighted by atomic mass is 9.97. The molecule has 1 atom stereocenters. The molecule has 2 aromatic heterocycles. The highest BCUT2D eigenvalue weighted by atomic mass is 32.1. The fraction of sp³-hybridized carbons (Fsp3) is 0.571. The van der Waals surface area contributed by atoms with Crippen LogP contribution in [-0.2, 0) is 0 Å². The first-order valence-corrected chi connectivity index (χ1v) is 8.10. The Morgan fingerprint density at radius 1 is 1.52 bits per heavy atom. The molecule has 1 aliphatic heterocycles. The first-order valence-electron chi connectivity index (χ1n) is 7.16. The van der Waals surface area contributed by atoms with Gasteiger partial charge in [0, 0.05) is 30.3 Å². The lowest BCUT2D eigenvalue weighted by Crippen LogP contribution is -2.39. The van der Waals surface area contributed by atoms with Gasteiger partial charge < -0.3 is 9.42 Å². The van der Waals surface area contributed by atoms with Crippen molar-refractivity contribution in [3.05, 3.63) is 28.3 Å². The second kappa shape index (κ2) is 5.93. The van der Waals surface area contributed by atoms with Gasteiger partial charge in [-0.15, -0.1) is 11.3 Å². The summed E-state index contributed by atoms with van der Waals surface area (Å²) in [7, 11) is 0. The van der Waals surface area contributed by atoms with E-state index in [1.807, 2.05) is 18.7 Å². The van der Waals surface area contributed by atoms with E-state index in [1.54, 1.807) is 10.9 Å². The molecule has 0 spiro atoms. The van der Waals surface area contributed by atoms with Crippen LogP contribution in [0.2, 0.25) is 0 Å². The molecular weight excluding hydrogens is 288 g/mol. The summed E-state index contributed by atoms with van der Waals surface area (Å²) in [5, 5.41) is 5.87. The third-order valence-corrected chi connectivity index (χ3v) is 4.26. The highest BCUT2D eigenvalue weighted by molar-refractivity contribution is 7.07. The summed E-state index contributed by atoms with van der Waals surface area (Å²) < 4.78 is 5.27. The van der Waals surface area contributed by atoms with Crippen LogP contribution in [0, 0.1) is 0 Å². The molecular formula is C14H18N4O2S. The lowest BCUT2D eigenvalue weighted by Gasteiger charge is -2.30. The van der Waals surface area contributed by atoms with Crippen molar-refractivity contribution in [2.75, 3.05) is 13.1 Å². The predicted octanol–water partition coefficient (Wildman–Crippen LogP) is 2.67. The first-order chi connectivity index (χ1) is 10.1. The Morgan fingerprint density at radius 2 is 2.38 bits per heavy atom. The number of carbonyl (C=O) groups excluding carboxylic acids is 1. The minimum Gasteiger partial charge on any atom is -0.339 e. The van der Waals surface area contributed by atoms with E-state index in [0.717, 1.165) is 25.2 Å². The van der Waals surface area contributed by atoms with Gasteiger partial charge >= 0.3 is 0 Å². The monoisotopic (exact) mass is 306 g/mol. The molecule has 1 aliphatic rings. The quantitative estimate of drug-likeness (QED) is 0.871. The highest BCUT2D eigenvalue weighted by Gasteiger charge is 2.29. The van der Waals surface area contributed by atoms with Crippen LogP contribution < -0.4 is 0 Å². The van der Waals surface area contributed by atoms with E-state index in [4.69, 9.17) is 4.52 Å². The van der Waals surface area contributed by atoms with Crippen molar-refractivity contribution in [1.82, 2.24) is 20.0 Å². The van der Waals surface area contributed by atoms with Crippen LogP contribution in [-0.4, -0.2) is 39.0 Å². The number of thiazole rings is 1. The van der Waals surface area contributed by atoms with Crippen molar-refractivity contribution in [2.45, 2.75) is 38.5 Å². The van der Waals surface area contributed by atoms with Gasteiger partial charge in [0.2, 0.25) is 5.89 Å². The van der Waals surface area contributed by atoms with Gasteiger partial charge in [0.05, 0.1) is 5.51 Å². The molecule has 3 heterocycles. The Hall–Kier alpha value is -1.76. The van der Waals surface area contributed by atoms with Gasteiger partial charge in [-0.2, -0.15) is 4.98 Å². The number of piperidine rings is 1. The predicted molar refractivity (Wildman–Crippen MR) is 78.4 cm³/mol. The number of carbonyl (C=O) groups is 1. The normalized spacial score (nSPS) is 19.2. The van der Waals surface area contributed by atoms with Crippen LogP contribution in [0.5, 0.6) is 0 Å². The molecule has 0 unspecified atom stereocenters. The zero-order valence-corrected chi connectivity index (χ0v) is 13.0. The average Bonchev–Trinajstić information content (AvgIpc) is 3.18. The van der Waals surface area contributed by atoms with Gasteiger partial charge in [0.25, 0.3) is 5.91 Å². The molecule has 0 bridgehead atoms. The number of rotatable bonds is 3. The number of aromatic nitrogens is 3. The smallest absolute Gasteiger partial charge is 0.273 e. The Bertz CT molecular complexity index is 608. The van der Waals surface area contributed by atoms with Crippen LogP contribution in [0.15, 0.2) is 15.4 Å². The Kier molecular flexibility index (Phi) is 4.01. The minimum atomic E-state index is -0.00599. The molecule has 2 aromatic rings. The largest absolute Gasteiger partial charge is 0.339 e. The Labute approximate surface area is 127 Å². The lowest BCUT2D eigenvalue weighted by molar-refractivity contribution is 0.0698. The van der Waals surface area contributed by atoms with Crippen molar-refractivity contribution in [3.8, 4) is 0 Å². The molecule has 6 nitrogen and oxygen atoms in total. The summed E-state index contributed by atoms with van der Waals surface area (Å²) in [4.78, 5) is 22.8. The van der Waals surface area contributed by atoms with Gasteiger partial charge in [-0.3, -0.25) is 4.79 Å². The van der Waals surface area contributed by atoms with E-state index < -0.39 is 0 Å². The Balaban J connectivity index is 1.72.